The Balaban J connectivity index is 0.00000274. The first kappa shape index (κ1) is 25.3. The quantitative estimate of drug-likeness (QED) is 0.216. The van der Waals surface area contributed by atoms with Crippen LogP contribution in [-0.4, -0.2) is 118 Å². The molecule has 2 saturated heterocycles. The number of nitrogens with one attached hydrogen (secondary N) is 1. The van der Waals surface area contributed by atoms with Gasteiger partial charge in [0.2, 0.25) is 11.8 Å². The summed E-state index contributed by atoms with van der Waals surface area (Å²) in [7, 11) is 1.77. The molecule has 1 saturated carbocycles. The van der Waals surface area contributed by atoms with Gasteiger partial charge in [0.25, 0.3) is 5.91 Å². The van der Waals surface area contributed by atoms with E-state index in [4.69, 9.17) is 0 Å². The zero-order chi connectivity index (χ0) is 23.3. The Morgan fingerprint density at radius 1 is 1.35 bits per heavy atom. The fourth-order valence-corrected chi connectivity index (χ4v) is 6.22. The third-order valence-electron chi connectivity index (χ3n) is 6.01. The number of likely N-dealkylation sites (tertiary alicyclic amines) is 1. The number of carbonyl (C=O) groups is 4. The van der Waals surface area contributed by atoms with Gasteiger partial charge < -0.3 is 19.9 Å². The summed E-state index contributed by atoms with van der Waals surface area (Å²) in [4.78, 5) is 52.9. The van der Waals surface area contributed by atoms with Crippen LogP contribution in [0, 0.1) is 0 Å². The number of thioether (sulfide) groups is 2. The van der Waals surface area contributed by atoms with Gasteiger partial charge in [-0.05, 0) is 30.9 Å². The number of allylic oxidation sites excluding steroid dienone is 1. The summed E-state index contributed by atoms with van der Waals surface area (Å²) < 4.78 is 1.68. The second-order valence-corrected chi connectivity index (χ2v) is 10.3. The molecule has 14 heteroatoms. The van der Waals surface area contributed by atoms with Crippen molar-refractivity contribution in [2.24, 2.45) is 7.05 Å². The average Bonchev–Trinajstić information content (AvgIpc) is 3.45. The van der Waals surface area contributed by atoms with Gasteiger partial charge in [0, 0.05) is 60.5 Å². The fraction of sp³-hybridized carbons (Fsp3) is 0.500. The Labute approximate surface area is 226 Å². The molecule has 0 aromatic carbocycles. The van der Waals surface area contributed by atoms with E-state index in [2.05, 4.69) is 15.5 Å². The van der Waals surface area contributed by atoms with E-state index in [0.29, 0.717) is 41.1 Å². The molecule has 1 aromatic rings. The van der Waals surface area contributed by atoms with Crippen molar-refractivity contribution < 1.29 is 24.3 Å². The van der Waals surface area contributed by atoms with E-state index in [9.17, 15) is 24.3 Å². The maximum atomic E-state index is 12.8. The summed E-state index contributed by atoms with van der Waals surface area (Å²) in [6.45, 7) is 0.657. The number of aromatic nitrogens is 3. The second-order valence-electron chi connectivity index (χ2n) is 8.30. The van der Waals surface area contributed by atoms with Gasteiger partial charge in [0.1, 0.15) is 23.4 Å². The van der Waals surface area contributed by atoms with Crippen LogP contribution in [0.3, 0.4) is 0 Å². The van der Waals surface area contributed by atoms with Gasteiger partial charge in [-0.15, -0.1) is 22.0 Å². The molecular formula is C20H22N6NaO5S2. The van der Waals surface area contributed by atoms with Crippen LogP contribution in [0.2, 0.25) is 0 Å². The third kappa shape index (κ3) is 4.68. The van der Waals surface area contributed by atoms with Crippen molar-refractivity contribution in [2.75, 3.05) is 18.1 Å². The van der Waals surface area contributed by atoms with E-state index in [-0.39, 0.29) is 52.8 Å². The second kappa shape index (κ2) is 10.1. The minimum Gasteiger partial charge on any atom is -0.477 e. The number of aryl methyl sites for hydroxylation is 1. The molecule has 0 bridgehead atoms. The monoisotopic (exact) mass is 513 g/mol. The molecule has 3 amide bonds. The molecule has 1 radical (unpaired) electrons. The van der Waals surface area contributed by atoms with Gasteiger partial charge in [-0.2, -0.15) is 0 Å². The Morgan fingerprint density at radius 3 is 2.76 bits per heavy atom. The standard InChI is InChI=1S/C20H22N6O5S2.Na/c1-24-9-21-23-20(24)33-8-13(27)22-14-17(29)26-15(19(30)31)11(7-32-18(14)26)6-10-4-5-25(16(10)28)12-2-3-12;/h6,9,12,14,18H,2-5,7-8H2,1H3,(H,22,27)(H,30,31);/t14-,18-;/m1./s1. The molecule has 175 valence electrons. The Kier molecular flexibility index (Phi) is 7.48. The maximum Gasteiger partial charge on any atom is 0.352 e. The van der Waals surface area contributed by atoms with E-state index in [0.717, 1.165) is 12.8 Å². The summed E-state index contributed by atoms with van der Waals surface area (Å²) in [5.74, 6) is -1.65. The van der Waals surface area contributed by atoms with Gasteiger partial charge in [0.05, 0.1) is 5.75 Å². The summed E-state index contributed by atoms with van der Waals surface area (Å²) in [5, 5.41) is 20.3. The molecule has 3 fully saturated rings. The van der Waals surface area contributed by atoms with Crippen LogP contribution in [0.5, 0.6) is 0 Å². The predicted molar refractivity (Wildman–Crippen MR) is 125 cm³/mol. The molecule has 1 aliphatic carbocycles. The topological polar surface area (TPSA) is 138 Å². The summed E-state index contributed by atoms with van der Waals surface area (Å²) in [5.41, 5.74) is 0.946. The first-order chi connectivity index (χ1) is 15.8. The van der Waals surface area contributed by atoms with Gasteiger partial charge in [-0.1, -0.05) is 11.8 Å². The number of β-lactam (4-membered cyclic amide) rings is 1. The Morgan fingerprint density at radius 2 is 2.12 bits per heavy atom. The third-order valence-corrected chi connectivity index (χ3v) is 8.35. The molecule has 4 aliphatic rings. The van der Waals surface area contributed by atoms with E-state index < -0.39 is 23.3 Å². The van der Waals surface area contributed by atoms with Gasteiger partial charge >= 0.3 is 5.97 Å². The number of aliphatic carboxylic acids is 1. The van der Waals surface area contributed by atoms with Crippen LogP contribution in [0.25, 0.3) is 0 Å². The van der Waals surface area contributed by atoms with Crippen LogP contribution in [-0.2, 0) is 26.2 Å². The van der Waals surface area contributed by atoms with Crippen molar-refractivity contribution in [3.05, 3.63) is 29.2 Å². The van der Waals surface area contributed by atoms with Crippen LogP contribution < -0.4 is 5.32 Å². The SMILES string of the molecule is Cn1cnnc1SCC(=O)N[C@@H]1C(=O)N2C(C(=O)O)=C(C=C3CCN(C4CC4)C3=O)CS[C@H]12.[Na]. The molecule has 2 N–H and O–H groups in total. The average molecular weight is 514 g/mol. The normalized spacial score (nSPS) is 25.3. The molecular weight excluding hydrogens is 491 g/mol. The number of amides is 3. The number of rotatable bonds is 7. The Hall–Kier alpha value is -1.80. The van der Waals surface area contributed by atoms with Crippen LogP contribution >= 0.6 is 23.5 Å². The molecule has 2 atom stereocenters. The van der Waals surface area contributed by atoms with Crippen LogP contribution in [0.15, 0.2) is 34.4 Å². The minimum atomic E-state index is -1.22. The number of hydrogen-bond donors (Lipinski definition) is 2. The van der Waals surface area contributed by atoms with Crippen LogP contribution in [0.4, 0.5) is 0 Å². The molecule has 3 aliphatic heterocycles. The maximum absolute atomic E-state index is 12.8. The molecule has 0 spiro atoms. The number of carboxylic acids is 1. The van der Waals surface area contributed by atoms with E-state index >= 15 is 0 Å². The summed E-state index contributed by atoms with van der Waals surface area (Å²) in [6, 6.07) is -0.473. The number of carbonyl (C=O) groups excluding carboxylic acids is 3. The van der Waals surface area contributed by atoms with Gasteiger partial charge in [-0.25, -0.2) is 4.79 Å². The van der Waals surface area contributed by atoms with Crippen molar-refractivity contribution >= 4 is 76.8 Å². The summed E-state index contributed by atoms with van der Waals surface area (Å²) >= 11 is 2.58. The van der Waals surface area contributed by atoms with Gasteiger partial charge in [-0.3, -0.25) is 19.3 Å². The molecule has 5 rings (SSSR count). The van der Waals surface area contributed by atoms with Crippen molar-refractivity contribution in [3.8, 4) is 0 Å². The van der Waals surface area contributed by atoms with Crippen molar-refractivity contribution in [1.29, 1.82) is 0 Å². The molecule has 1 aromatic heterocycles. The molecule has 0 unspecified atom stereocenters. The fourth-order valence-electron chi connectivity index (χ4n) is 4.22. The molecule has 4 heterocycles. The molecule has 34 heavy (non-hydrogen) atoms. The van der Waals surface area contributed by atoms with Crippen LogP contribution in [0.1, 0.15) is 19.3 Å². The predicted octanol–water partition coefficient (Wildman–Crippen LogP) is -0.414. The van der Waals surface area contributed by atoms with Crippen molar-refractivity contribution in [2.45, 2.75) is 41.9 Å². The minimum absolute atomic E-state index is 0. The zero-order valence-electron chi connectivity index (χ0n) is 18.8. The first-order valence-electron chi connectivity index (χ1n) is 10.5. The largest absolute Gasteiger partial charge is 0.477 e. The smallest absolute Gasteiger partial charge is 0.352 e. The first-order valence-corrected chi connectivity index (χ1v) is 12.6. The zero-order valence-corrected chi connectivity index (χ0v) is 22.4. The van der Waals surface area contributed by atoms with E-state index in [1.165, 1.54) is 34.8 Å². The van der Waals surface area contributed by atoms with E-state index in [1.54, 1.807) is 17.7 Å². The molecule has 11 nitrogen and oxygen atoms in total. The van der Waals surface area contributed by atoms with Crippen molar-refractivity contribution in [3.63, 3.8) is 0 Å². The Bertz CT molecular complexity index is 1120. The van der Waals surface area contributed by atoms with E-state index in [1.807, 2.05) is 4.90 Å². The van der Waals surface area contributed by atoms with Crippen molar-refractivity contribution in [1.82, 2.24) is 29.9 Å². The number of hydrogen-bond acceptors (Lipinski definition) is 8. The number of nitrogens with zero attached hydrogens (tertiary/aromatic N) is 5. The number of fused-ring (bicyclic) bond motifs is 1. The summed E-state index contributed by atoms with van der Waals surface area (Å²) in [6.07, 6.45) is 5.80. The van der Waals surface area contributed by atoms with Gasteiger partial charge in [0.15, 0.2) is 5.16 Å². The number of carboxylic acid groups (broad SMARTS) is 1.